The Bertz CT molecular complexity index is 1360. The Morgan fingerprint density at radius 3 is 2.64 bits per heavy atom. The van der Waals surface area contributed by atoms with Gasteiger partial charge in [-0.05, 0) is 64.3 Å². The van der Waals surface area contributed by atoms with Gasteiger partial charge in [-0.2, -0.15) is 5.10 Å². The third-order valence-electron chi connectivity index (χ3n) is 7.24. The molecule has 0 radical (unpaired) electrons. The van der Waals surface area contributed by atoms with E-state index in [1.165, 1.54) is 4.90 Å². The summed E-state index contributed by atoms with van der Waals surface area (Å²) >= 11 is 0. The van der Waals surface area contributed by atoms with Crippen molar-refractivity contribution in [2.45, 2.75) is 64.8 Å². The highest BCUT2D eigenvalue weighted by Crippen LogP contribution is 2.35. The van der Waals surface area contributed by atoms with Gasteiger partial charge in [0.05, 0.1) is 37.6 Å². The second-order valence-corrected chi connectivity index (χ2v) is 11.4. The first-order chi connectivity index (χ1) is 18.5. The van der Waals surface area contributed by atoms with Crippen molar-refractivity contribution < 1.29 is 23.8 Å². The van der Waals surface area contributed by atoms with E-state index in [0.717, 1.165) is 27.8 Å². The van der Waals surface area contributed by atoms with Gasteiger partial charge in [0.25, 0.3) is 0 Å². The average Bonchev–Trinajstić information content (AvgIpc) is 3.29. The van der Waals surface area contributed by atoms with Crippen LogP contribution in [0.1, 0.15) is 50.1 Å². The van der Waals surface area contributed by atoms with Crippen LogP contribution in [0.2, 0.25) is 0 Å². The molecule has 2 aliphatic heterocycles. The zero-order valence-corrected chi connectivity index (χ0v) is 23.2. The number of likely N-dealkylation sites (tertiary alicyclic amines) is 1. The van der Waals surface area contributed by atoms with Crippen LogP contribution in [-0.4, -0.2) is 93.1 Å². The highest BCUT2D eigenvalue weighted by molar-refractivity contribution is 5.82. The Kier molecular flexibility index (Phi) is 7.47. The minimum absolute atomic E-state index is 0.000826. The van der Waals surface area contributed by atoms with E-state index in [1.807, 2.05) is 32.0 Å². The molecule has 2 fully saturated rings. The fraction of sp³-hybridized carbons (Fsp3) is 0.571. The lowest BCUT2D eigenvalue weighted by atomic mass is 9.85. The van der Waals surface area contributed by atoms with E-state index in [1.54, 1.807) is 31.6 Å². The number of hydrogen-bond donors (Lipinski definition) is 1. The number of carbonyl (C=O) groups is 1. The molecular weight excluding hydrogens is 503 g/mol. The van der Waals surface area contributed by atoms with Crippen molar-refractivity contribution in [3.8, 4) is 5.82 Å². The lowest BCUT2D eigenvalue weighted by Gasteiger charge is -2.36. The number of amides is 1. The van der Waals surface area contributed by atoms with E-state index in [4.69, 9.17) is 9.47 Å². The molecule has 4 heterocycles. The smallest absolute Gasteiger partial charge is 0.410 e. The van der Waals surface area contributed by atoms with Gasteiger partial charge in [0.2, 0.25) is 0 Å². The molecule has 0 aliphatic carbocycles. The minimum atomic E-state index is -1.22. The third kappa shape index (κ3) is 5.84. The van der Waals surface area contributed by atoms with Crippen LogP contribution in [0, 0.1) is 13.8 Å². The predicted octanol–water partition coefficient (Wildman–Crippen LogP) is 3.69. The van der Waals surface area contributed by atoms with Crippen LogP contribution in [0.25, 0.3) is 16.7 Å². The first-order valence-corrected chi connectivity index (χ1v) is 13.5. The number of rotatable bonds is 4. The SMILES string of the molecule is Cc1nc(N2CCO[C@@H](CO)C2)cc(-n2ncc3cc(C)c(C4CCN(C(=O)OC(C)(C)C)CC4F)cc32)n1. The fourth-order valence-corrected chi connectivity index (χ4v) is 5.38. The minimum Gasteiger partial charge on any atom is -0.444 e. The van der Waals surface area contributed by atoms with Gasteiger partial charge in [0, 0.05) is 37.0 Å². The number of aliphatic hydroxyl groups is 1. The summed E-state index contributed by atoms with van der Waals surface area (Å²) in [4.78, 5) is 25.3. The molecule has 2 aliphatic rings. The van der Waals surface area contributed by atoms with Crippen molar-refractivity contribution in [1.82, 2.24) is 24.6 Å². The number of carbonyl (C=O) groups excluding carboxylic acids is 1. The predicted molar refractivity (Wildman–Crippen MR) is 145 cm³/mol. The monoisotopic (exact) mass is 540 g/mol. The quantitative estimate of drug-likeness (QED) is 0.534. The van der Waals surface area contributed by atoms with Crippen molar-refractivity contribution in [2.75, 3.05) is 44.3 Å². The van der Waals surface area contributed by atoms with Crippen LogP contribution in [0.5, 0.6) is 0 Å². The van der Waals surface area contributed by atoms with Gasteiger partial charge in [-0.1, -0.05) is 0 Å². The van der Waals surface area contributed by atoms with Gasteiger partial charge < -0.3 is 24.4 Å². The number of morpholine rings is 1. The number of anilines is 1. The molecule has 210 valence electrons. The van der Waals surface area contributed by atoms with E-state index in [-0.39, 0.29) is 25.2 Å². The summed E-state index contributed by atoms with van der Waals surface area (Å²) in [5, 5.41) is 15.1. The lowest BCUT2D eigenvalue weighted by Crippen LogP contribution is -2.46. The van der Waals surface area contributed by atoms with Crippen LogP contribution in [0.3, 0.4) is 0 Å². The number of hydrogen-bond acceptors (Lipinski definition) is 8. The van der Waals surface area contributed by atoms with Gasteiger partial charge in [-0.15, -0.1) is 0 Å². The van der Waals surface area contributed by atoms with Gasteiger partial charge in [0.15, 0.2) is 5.82 Å². The Hall–Kier alpha value is -3.31. The second kappa shape index (κ2) is 10.7. The number of fused-ring (bicyclic) bond motifs is 1. The molecule has 1 aromatic carbocycles. The topological polar surface area (TPSA) is 106 Å². The molecule has 2 unspecified atom stereocenters. The average molecular weight is 541 g/mol. The van der Waals surface area contributed by atoms with E-state index in [0.29, 0.717) is 44.3 Å². The van der Waals surface area contributed by atoms with Crippen LogP contribution in [0.4, 0.5) is 15.0 Å². The standard InChI is InChI=1S/C28H37FN6O4/c1-17-10-19-13-30-35(26-12-25(31-18(2)32-26)33-8-9-38-20(14-33)16-36)24(19)11-22(17)21-6-7-34(15-23(21)29)27(37)39-28(3,4)5/h10-13,20-21,23,36H,6-9,14-16H2,1-5H3/t20-,21?,23?/m1/s1. The Labute approximate surface area is 227 Å². The normalized spacial score (nSPS) is 22.4. The van der Waals surface area contributed by atoms with E-state index < -0.39 is 17.9 Å². The number of benzene rings is 1. The first kappa shape index (κ1) is 27.3. The number of aryl methyl sites for hydroxylation is 2. The molecule has 2 aromatic heterocycles. The summed E-state index contributed by atoms with van der Waals surface area (Å²) in [7, 11) is 0. The molecule has 10 nitrogen and oxygen atoms in total. The molecule has 0 saturated carbocycles. The molecule has 1 amide bonds. The first-order valence-electron chi connectivity index (χ1n) is 13.5. The van der Waals surface area contributed by atoms with Crippen LogP contribution in [-0.2, 0) is 9.47 Å². The molecule has 39 heavy (non-hydrogen) atoms. The summed E-state index contributed by atoms with van der Waals surface area (Å²) in [6, 6.07) is 5.92. The number of nitrogens with zero attached hydrogens (tertiary/aromatic N) is 6. The van der Waals surface area contributed by atoms with Gasteiger partial charge in [0.1, 0.15) is 23.4 Å². The zero-order chi connectivity index (χ0) is 27.9. The van der Waals surface area contributed by atoms with Crippen molar-refractivity contribution in [3.05, 3.63) is 41.3 Å². The molecule has 1 N–H and O–H groups in total. The number of aliphatic hydroxyl groups excluding tert-OH is 1. The highest BCUT2D eigenvalue weighted by Gasteiger charge is 2.35. The molecule has 11 heteroatoms. The van der Waals surface area contributed by atoms with Crippen molar-refractivity contribution in [2.24, 2.45) is 0 Å². The number of piperidine rings is 1. The lowest BCUT2D eigenvalue weighted by molar-refractivity contribution is 0.00335. The van der Waals surface area contributed by atoms with Crippen LogP contribution in [0.15, 0.2) is 24.4 Å². The van der Waals surface area contributed by atoms with Gasteiger partial charge >= 0.3 is 6.09 Å². The second-order valence-electron chi connectivity index (χ2n) is 11.4. The maximum atomic E-state index is 15.6. The molecule has 0 bridgehead atoms. The third-order valence-corrected chi connectivity index (χ3v) is 7.24. The maximum Gasteiger partial charge on any atom is 0.410 e. The number of aromatic nitrogens is 4. The summed E-state index contributed by atoms with van der Waals surface area (Å²) in [6.07, 6.45) is 0.337. The molecule has 0 spiro atoms. The van der Waals surface area contributed by atoms with Crippen molar-refractivity contribution >= 4 is 22.8 Å². The largest absolute Gasteiger partial charge is 0.444 e. The molecule has 2 saturated heterocycles. The van der Waals surface area contributed by atoms with Crippen LogP contribution >= 0.6 is 0 Å². The van der Waals surface area contributed by atoms with E-state index in [9.17, 15) is 9.90 Å². The van der Waals surface area contributed by atoms with Gasteiger partial charge in [-0.3, -0.25) is 0 Å². The number of ether oxygens (including phenoxy) is 2. The molecule has 3 atom stereocenters. The fourth-order valence-electron chi connectivity index (χ4n) is 5.38. The summed E-state index contributed by atoms with van der Waals surface area (Å²) < 4.78 is 28.4. The molecule has 5 rings (SSSR count). The molecule has 3 aromatic rings. The van der Waals surface area contributed by atoms with Crippen LogP contribution < -0.4 is 4.90 Å². The maximum absolute atomic E-state index is 15.6. The Morgan fingerprint density at radius 1 is 1.15 bits per heavy atom. The highest BCUT2D eigenvalue weighted by atomic mass is 19.1. The Morgan fingerprint density at radius 2 is 1.92 bits per heavy atom. The Balaban J connectivity index is 1.43. The van der Waals surface area contributed by atoms with E-state index >= 15 is 4.39 Å². The van der Waals surface area contributed by atoms with Crippen molar-refractivity contribution in [1.29, 1.82) is 0 Å². The summed E-state index contributed by atoms with van der Waals surface area (Å²) in [5.74, 6) is 1.62. The summed E-state index contributed by atoms with van der Waals surface area (Å²) in [5.41, 5.74) is 2.10. The molecular formula is C28H37FN6O4. The van der Waals surface area contributed by atoms with Gasteiger partial charge in [-0.25, -0.2) is 23.8 Å². The van der Waals surface area contributed by atoms with E-state index in [2.05, 4.69) is 20.0 Å². The summed E-state index contributed by atoms with van der Waals surface area (Å²) in [6.45, 7) is 11.3. The number of halogens is 1. The zero-order valence-electron chi connectivity index (χ0n) is 23.2. The number of alkyl halides is 1. The van der Waals surface area contributed by atoms with Crippen molar-refractivity contribution in [3.63, 3.8) is 0 Å².